The number of amides is 2. The summed E-state index contributed by atoms with van der Waals surface area (Å²) >= 11 is 6.10. The average molecular weight is 570 g/mol. The number of benzene rings is 3. The summed E-state index contributed by atoms with van der Waals surface area (Å²) < 4.78 is 26.9. The third kappa shape index (κ3) is 8.83. The van der Waals surface area contributed by atoms with Gasteiger partial charge in [-0.05, 0) is 48.2 Å². The Hall–Kier alpha value is -3.36. The van der Waals surface area contributed by atoms with Crippen molar-refractivity contribution in [2.24, 2.45) is 0 Å². The van der Waals surface area contributed by atoms with E-state index in [4.69, 9.17) is 11.6 Å². The first-order chi connectivity index (χ1) is 18.6. The second-order valence-electron chi connectivity index (χ2n) is 9.56. The maximum Gasteiger partial charge on any atom is 0.244 e. The van der Waals surface area contributed by atoms with Gasteiger partial charge in [-0.15, -0.1) is 0 Å². The molecule has 0 heterocycles. The van der Waals surface area contributed by atoms with E-state index in [2.05, 4.69) is 5.32 Å². The van der Waals surface area contributed by atoms with Gasteiger partial charge in [0.25, 0.3) is 0 Å². The number of nitrogens with one attached hydrogen (secondary N) is 1. The third-order valence-electron chi connectivity index (χ3n) is 6.40. The van der Waals surface area contributed by atoms with Crippen molar-refractivity contribution in [3.05, 3.63) is 101 Å². The van der Waals surface area contributed by atoms with Crippen LogP contribution < -0.4 is 9.62 Å². The van der Waals surface area contributed by atoms with Crippen molar-refractivity contribution >= 4 is 39.1 Å². The smallest absolute Gasteiger partial charge is 0.244 e. The van der Waals surface area contributed by atoms with E-state index in [-0.39, 0.29) is 18.9 Å². The van der Waals surface area contributed by atoms with Gasteiger partial charge in [-0.1, -0.05) is 85.6 Å². The van der Waals surface area contributed by atoms with Crippen LogP contribution in [-0.2, 0) is 32.6 Å². The molecule has 3 rings (SSSR count). The molecule has 208 valence electrons. The van der Waals surface area contributed by atoms with Gasteiger partial charge in [0.2, 0.25) is 21.8 Å². The van der Waals surface area contributed by atoms with Gasteiger partial charge in [0.15, 0.2) is 0 Å². The Morgan fingerprint density at radius 1 is 0.949 bits per heavy atom. The molecule has 39 heavy (non-hydrogen) atoms. The van der Waals surface area contributed by atoms with Gasteiger partial charge in [-0.25, -0.2) is 8.42 Å². The van der Waals surface area contributed by atoms with Crippen LogP contribution in [0.1, 0.15) is 36.5 Å². The fourth-order valence-corrected chi connectivity index (χ4v) is 5.47. The lowest BCUT2D eigenvalue weighted by Crippen LogP contribution is -2.53. The van der Waals surface area contributed by atoms with Crippen LogP contribution in [0.3, 0.4) is 0 Å². The number of carbonyl (C=O) groups excluding carboxylic acids is 2. The molecule has 0 fully saturated rings. The number of rotatable bonds is 13. The minimum atomic E-state index is -3.83. The predicted octanol–water partition coefficient (Wildman–Crippen LogP) is 4.97. The van der Waals surface area contributed by atoms with Gasteiger partial charge < -0.3 is 10.2 Å². The summed E-state index contributed by atoms with van der Waals surface area (Å²) in [4.78, 5) is 29.1. The van der Waals surface area contributed by atoms with Gasteiger partial charge in [0.1, 0.15) is 12.6 Å². The Labute approximate surface area is 236 Å². The van der Waals surface area contributed by atoms with E-state index < -0.39 is 28.5 Å². The molecule has 0 bridgehead atoms. The van der Waals surface area contributed by atoms with E-state index in [1.54, 1.807) is 25.1 Å². The summed E-state index contributed by atoms with van der Waals surface area (Å²) in [6.07, 6.45) is 3.08. The molecule has 0 spiro atoms. The van der Waals surface area contributed by atoms with Crippen LogP contribution in [0.2, 0.25) is 5.02 Å². The first-order valence-corrected chi connectivity index (χ1v) is 15.2. The molecule has 1 N–H and O–H groups in total. The van der Waals surface area contributed by atoms with Crippen LogP contribution in [0.15, 0.2) is 78.9 Å². The number of sulfonamides is 1. The lowest BCUT2D eigenvalue weighted by Gasteiger charge is -2.33. The molecule has 0 unspecified atom stereocenters. The van der Waals surface area contributed by atoms with Crippen molar-refractivity contribution in [2.45, 2.75) is 45.7 Å². The quantitative estimate of drug-likeness (QED) is 0.294. The number of aryl methyl sites for hydroxylation is 1. The second-order valence-corrected chi connectivity index (χ2v) is 11.9. The highest BCUT2D eigenvalue weighted by atomic mass is 35.5. The average Bonchev–Trinajstić information content (AvgIpc) is 2.90. The van der Waals surface area contributed by atoms with Gasteiger partial charge in [-0.2, -0.15) is 0 Å². The number of carbonyl (C=O) groups is 2. The van der Waals surface area contributed by atoms with E-state index in [1.807, 2.05) is 67.6 Å². The van der Waals surface area contributed by atoms with Crippen LogP contribution >= 0.6 is 11.6 Å². The van der Waals surface area contributed by atoms with Gasteiger partial charge >= 0.3 is 0 Å². The highest BCUT2D eigenvalue weighted by molar-refractivity contribution is 7.92. The Morgan fingerprint density at radius 3 is 2.13 bits per heavy atom. The minimum absolute atomic E-state index is 0.148. The fourth-order valence-electron chi connectivity index (χ4n) is 4.33. The number of nitrogens with zero attached hydrogens (tertiary/aromatic N) is 2. The lowest BCUT2D eigenvalue weighted by atomic mass is 10.0. The molecule has 2 amide bonds. The summed E-state index contributed by atoms with van der Waals surface area (Å²) in [5, 5.41) is 3.44. The summed E-state index contributed by atoms with van der Waals surface area (Å²) in [7, 11) is -3.83. The second kappa shape index (κ2) is 14.1. The molecular formula is C30H36ClN3O4S. The summed E-state index contributed by atoms with van der Waals surface area (Å²) in [5.74, 6) is -0.754. The SMILES string of the molecule is CCCCNC(=O)[C@H](Cc1ccccc1)N(Cc1ccccc1)C(=O)CN(c1ccc(Cl)cc1C)S(C)(=O)=O. The van der Waals surface area contributed by atoms with Gasteiger partial charge in [0.05, 0.1) is 11.9 Å². The van der Waals surface area contributed by atoms with Crippen LogP contribution in [-0.4, -0.2) is 50.5 Å². The number of hydrogen-bond donors (Lipinski definition) is 1. The molecule has 1 atom stereocenters. The maximum atomic E-state index is 14.0. The summed E-state index contributed by atoms with van der Waals surface area (Å²) in [6, 6.07) is 22.9. The van der Waals surface area contributed by atoms with E-state index in [0.717, 1.165) is 34.5 Å². The van der Waals surface area contributed by atoms with Crippen molar-refractivity contribution in [3.63, 3.8) is 0 Å². The molecule has 0 saturated carbocycles. The minimum Gasteiger partial charge on any atom is -0.354 e. The Kier molecular flexibility index (Phi) is 10.9. The highest BCUT2D eigenvalue weighted by Gasteiger charge is 2.33. The van der Waals surface area contributed by atoms with E-state index in [0.29, 0.717) is 22.8 Å². The van der Waals surface area contributed by atoms with Crippen molar-refractivity contribution in [1.82, 2.24) is 10.2 Å². The Balaban J connectivity index is 2.03. The van der Waals surface area contributed by atoms with E-state index in [1.165, 1.54) is 4.90 Å². The molecule has 0 radical (unpaired) electrons. The largest absolute Gasteiger partial charge is 0.354 e. The first kappa shape index (κ1) is 30.2. The normalized spacial score (nSPS) is 12.0. The number of hydrogen-bond acceptors (Lipinski definition) is 4. The van der Waals surface area contributed by atoms with Crippen LogP contribution in [0.4, 0.5) is 5.69 Å². The van der Waals surface area contributed by atoms with E-state index in [9.17, 15) is 18.0 Å². The van der Waals surface area contributed by atoms with Crippen molar-refractivity contribution in [1.29, 1.82) is 0 Å². The number of anilines is 1. The molecule has 9 heteroatoms. The van der Waals surface area contributed by atoms with Crippen LogP contribution in [0.5, 0.6) is 0 Å². The maximum absolute atomic E-state index is 14.0. The standard InChI is InChI=1S/C30H36ClN3O4S/c1-4-5-18-32-30(36)28(20-24-12-8-6-9-13-24)33(21-25-14-10-7-11-15-25)29(35)22-34(39(3,37)38)27-17-16-26(31)19-23(27)2/h6-17,19,28H,4-5,18,20-22H2,1-3H3,(H,32,36)/t28-/m0/s1. The Morgan fingerprint density at radius 2 is 1.56 bits per heavy atom. The van der Waals surface area contributed by atoms with Gasteiger partial charge in [-0.3, -0.25) is 13.9 Å². The van der Waals surface area contributed by atoms with Crippen LogP contribution in [0.25, 0.3) is 0 Å². The fraction of sp³-hybridized carbons (Fsp3) is 0.333. The summed E-state index contributed by atoms with van der Waals surface area (Å²) in [5.41, 5.74) is 2.71. The van der Waals surface area contributed by atoms with Crippen LogP contribution in [0, 0.1) is 6.92 Å². The molecule has 0 aliphatic rings. The molecule has 3 aromatic carbocycles. The molecule has 0 aromatic heterocycles. The van der Waals surface area contributed by atoms with Crippen molar-refractivity contribution in [2.75, 3.05) is 23.7 Å². The monoisotopic (exact) mass is 569 g/mol. The first-order valence-electron chi connectivity index (χ1n) is 13.0. The topological polar surface area (TPSA) is 86.8 Å². The van der Waals surface area contributed by atoms with Gasteiger partial charge in [0, 0.05) is 24.5 Å². The third-order valence-corrected chi connectivity index (χ3v) is 7.76. The summed E-state index contributed by atoms with van der Waals surface area (Å²) in [6.45, 7) is 3.97. The zero-order chi connectivity index (χ0) is 28.4. The molecular weight excluding hydrogens is 534 g/mol. The lowest BCUT2D eigenvalue weighted by molar-refractivity contribution is -0.140. The highest BCUT2D eigenvalue weighted by Crippen LogP contribution is 2.26. The Bertz CT molecular complexity index is 1350. The zero-order valence-corrected chi connectivity index (χ0v) is 24.2. The molecule has 3 aromatic rings. The van der Waals surface area contributed by atoms with Crippen molar-refractivity contribution in [3.8, 4) is 0 Å². The number of unbranched alkanes of at least 4 members (excludes halogenated alkanes) is 1. The number of halogens is 1. The van der Waals surface area contributed by atoms with E-state index >= 15 is 0 Å². The molecule has 7 nitrogen and oxygen atoms in total. The molecule has 0 saturated heterocycles. The van der Waals surface area contributed by atoms with Crippen molar-refractivity contribution < 1.29 is 18.0 Å². The molecule has 0 aliphatic heterocycles. The predicted molar refractivity (Wildman–Crippen MR) is 157 cm³/mol. The molecule has 0 aliphatic carbocycles. The zero-order valence-electron chi connectivity index (χ0n) is 22.6.